The molecule has 1 unspecified atom stereocenters. The maximum absolute atomic E-state index is 12.1. The zero-order valence-electron chi connectivity index (χ0n) is 14.6. The lowest BCUT2D eigenvalue weighted by Gasteiger charge is -2.28. The molecule has 1 saturated carbocycles. The van der Waals surface area contributed by atoms with Gasteiger partial charge in [0.15, 0.2) is 0 Å². The number of hydrogen-bond acceptors (Lipinski definition) is 6. The Labute approximate surface area is 157 Å². The molecule has 1 saturated heterocycles. The summed E-state index contributed by atoms with van der Waals surface area (Å²) in [6.45, 7) is 0. The molecule has 2 heterocycles. The quantitative estimate of drug-likeness (QED) is 0.542. The van der Waals surface area contributed by atoms with E-state index in [0.717, 1.165) is 37.4 Å². The zero-order chi connectivity index (χ0) is 17.3. The second kappa shape index (κ2) is 10.3. The van der Waals surface area contributed by atoms with Crippen LogP contribution < -0.4 is 10.1 Å². The molecule has 25 heavy (non-hydrogen) atoms. The third-order valence-corrected chi connectivity index (χ3v) is 7.77. The highest BCUT2D eigenvalue weighted by atomic mass is 33.1. The third-order valence-electron chi connectivity index (χ3n) is 4.76. The van der Waals surface area contributed by atoms with E-state index < -0.39 is 0 Å². The largest absolute Gasteiger partial charge is 0.460 e. The van der Waals surface area contributed by atoms with Crippen molar-refractivity contribution < 1.29 is 9.53 Å². The highest BCUT2D eigenvalue weighted by Gasteiger charge is 2.24. The smallest absolute Gasteiger partial charge is 0.316 e. The van der Waals surface area contributed by atoms with E-state index in [2.05, 4.69) is 15.3 Å². The molecule has 0 bridgehead atoms. The fourth-order valence-electron chi connectivity index (χ4n) is 3.34. The fraction of sp³-hybridized carbons (Fsp3) is 0.722. The maximum atomic E-state index is 12.1. The highest BCUT2D eigenvalue weighted by Crippen LogP contribution is 2.39. The Hall–Kier alpha value is -0.950. The first-order valence-corrected chi connectivity index (χ1v) is 11.7. The van der Waals surface area contributed by atoms with E-state index in [0.29, 0.717) is 18.5 Å². The molecule has 1 aromatic rings. The van der Waals surface area contributed by atoms with Gasteiger partial charge in [-0.15, -0.1) is 0 Å². The number of carbonyl (C=O) groups is 1. The van der Waals surface area contributed by atoms with Crippen LogP contribution in [0.5, 0.6) is 6.01 Å². The SMILES string of the molecule is O=C(CCCCC1CCSS1)NC1CCC(Oc2ncccn2)CC1. The molecule has 3 rings (SSSR count). The van der Waals surface area contributed by atoms with Gasteiger partial charge in [0, 0.05) is 35.9 Å². The predicted octanol–water partition coefficient (Wildman–Crippen LogP) is 4.00. The zero-order valence-corrected chi connectivity index (χ0v) is 16.2. The second-order valence-corrected chi connectivity index (χ2v) is 9.55. The lowest BCUT2D eigenvalue weighted by atomic mass is 9.93. The molecule has 2 aliphatic rings. The molecule has 7 heteroatoms. The highest BCUT2D eigenvalue weighted by molar-refractivity contribution is 8.77. The summed E-state index contributed by atoms with van der Waals surface area (Å²) in [7, 11) is 4.02. The molecule has 1 aliphatic heterocycles. The first-order valence-electron chi connectivity index (χ1n) is 9.31. The predicted molar refractivity (Wildman–Crippen MR) is 104 cm³/mol. The van der Waals surface area contributed by atoms with Gasteiger partial charge < -0.3 is 10.1 Å². The average molecular weight is 382 g/mol. The van der Waals surface area contributed by atoms with Gasteiger partial charge in [-0.1, -0.05) is 28.0 Å². The molecule has 138 valence electrons. The number of hydrogen-bond donors (Lipinski definition) is 1. The van der Waals surface area contributed by atoms with Gasteiger partial charge in [0.1, 0.15) is 6.10 Å². The van der Waals surface area contributed by atoms with E-state index in [1.807, 2.05) is 21.6 Å². The number of rotatable bonds is 8. The molecule has 1 atom stereocenters. The number of carbonyl (C=O) groups excluding carboxylic acids is 1. The van der Waals surface area contributed by atoms with Crippen LogP contribution in [0.15, 0.2) is 18.5 Å². The molecule has 1 amide bonds. The Morgan fingerprint density at radius 1 is 1.16 bits per heavy atom. The fourth-order valence-corrected chi connectivity index (χ4v) is 6.37. The molecule has 1 aliphatic carbocycles. The standard InChI is InChI=1S/C18H27N3O2S2/c22-17(5-2-1-4-16-10-13-24-25-16)21-14-6-8-15(9-7-14)23-18-19-11-3-12-20-18/h3,11-12,14-16H,1-2,4-10,13H2,(H,21,22). The van der Waals surface area contributed by atoms with Gasteiger partial charge in [-0.2, -0.15) is 0 Å². The van der Waals surface area contributed by atoms with E-state index in [-0.39, 0.29) is 12.0 Å². The first-order chi connectivity index (χ1) is 12.3. The normalized spacial score (nSPS) is 26.3. The van der Waals surface area contributed by atoms with Crippen LogP contribution in [-0.2, 0) is 4.79 Å². The van der Waals surface area contributed by atoms with Crippen molar-refractivity contribution in [2.24, 2.45) is 0 Å². The Balaban J connectivity index is 1.26. The summed E-state index contributed by atoms with van der Waals surface area (Å²) in [6.07, 6.45) is 12.8. The summed E-state index contributed by atoms with van der Waals surface area (Å²) in [5.74, 6) is 1.50. The molecule has 0 spiro atoms. The number of amides is 1. The van der Waals surface area contributed by atoms with E-state index in [4.69, 9.17) is 4.74 Å². The molecule has 0 radical (unpaired) electrons. The van der Waals surface area contributed by atoms with Crippen LogP contribution in [0.4, 0.5) is 0 Å². The summed E-state index contributed by atoms with van der Waals surface area (Å²) in [5, 5.41) is 4.01. The van der Waals surface area contributed by atoms with Gasteiger partial charge in [-0.25, -0.2) is 9.97 Å². The van der Waals surface area contributed by atoms with Crippen LogP contribution in [0.25, 0.3) is 0 Å². The minimum Gasteiger partial charge on any atom is -0.460 e. The van der Waals surface area contributed by atoms with Crippen LogP contribution in [0.3, 0.4) is 0 Å². The molecule has 2 fully saturated rings. The van der Waals surface area contributed by atoms with Gasteiger partial charge in [0.2, 0.25) is 5.91 Å². The van der Waals surface area contributed by atoms with E-state index in [9.17, 15) is 4.79 Å². The van der Waals surface area contributed by atoms with Crippen LogP contribution in [0.2, 0.25) is 0 Å². The monoisotopic (exact) mass is 381 g/mol. The van der Waals surface area contributed by atoms with Gasteiger partial charge in [0.25, 0.3) is 0 Å². The van der Waals surface area contributed by atoms with Crippen molar-refractivity contribution in [3.8, 4) is 6.01 Å². The molecule has 0 aromatic carbocycles. The molecule has 1 aromatic heterocycles. The summed E-state index contributed by atoms with van der Waals surface area (Å²) >= 11 is 0. The Kier molecular flexibility index (Phi) is 7.73. The van der Waals surface area contributed by atoms with E-state index in [1.165, 1.54) is 25.0 Å². The molecule has 1 N–H and O–H groups in total. The van der Waals surface area contributed by atoms with Crippen LogP contribution in [0, 0.1) is 0 Å². The van der Waals surface area contributed by atoms with Crippen molar-refractivity contribution in [1.82, 2.24) is 15.3 Å². The van der Waals surface area contributed by atoms with Gasteiger partial charge >= 0.3 is 6.01 Å². The molecular weight excluding hydrogens is 354 g/mol. The third kappa shape index (κ3) is 6.70. The van der Waals surface area contributed by atoms with Crippen molar-refractivity contribution >= 4 is 27.5 Å². The van der Waals surface area contributed by atoms with E-state index >= 15 is 0 Å². The van der Waals surface area contributed by atoms with Crippen LogP contribution in [-0.4, -0.2) is 39.0 Å². The van der Waals surface area contributed by atoms with Crippen LogP contribution >= 0.6 is 21.6 Å². The van der Waals surface area contributed by atoms with Crippen LogP contribution in [0.1, 0.15) is 57.8 Å². The van der Waals surface area contributed by atoms with Crippen molar-refractivity contribution in [3.63, 3.8) is 0 Å². The summed E-state index contributed by atoms with van der Waals surface area (Å²) < 4.78 is 5.80. The number of nitrogens with zero attached hydrogens (tertiary/aromatic N) is 2. The Morgan fingerprint density at radius 2 is 1.96 bits per heavy atom. The Morgan fingerprint density at radius 3 is 2.68 bits per heavy atom. The van der Waals surface area contributed by atoms with Crippen molar-refractivity contribution in [2.75, 3.05) is 5.75 Å². The summed E-state index contributed by atoms with van der Waals surface area (Å²) in [4.78, 5) is 20.3. The summed E-state index contributed by atoms with van der Waals surface area (Å²) in [5.41, 5.74) is 0. The second-order valence-electron chi connectivity index (χ2n) is 6.77. The number of ether oxygens (including phenoxy) is 1. The maximum Gasteiger partial charge on any atom is 0.316 e. The average Bonchev–Trinajstić information content (AvgIpc) is 3.15. The number of nitrogens with one attached hydrogen (secondary N) is 1. The van der Waals surface area contributed by atoms with Crippen molar-refractivity contribution in [1.29, 1.82) is 0 Å². The first kappa shape index (κ1) is 18.8. The topological polar surface area (TPSA) is 64.1 Å². The number of unbranched alkanes of at least 4 members (excludes halogenated alkanes) is 1. The minimum absolute atomic E-state index is 0.164. The van der Waals surface area contributed by atoms with Gasteiger partial charge in [-0.3, -0.25) is 4.79 Å². The summed E-state index contributed by atoms with van der Waals surface area (Å²) in [6, 6.07) is 2.53. The molecule has 5 nitrogen and oxygen atoms in total. The van der Waals surface area contributed by atoms with E-state index in [1.54, 1.807) is 18.5 Å². The van der Waals surface area contributed by atoms with Gasteiger partial charge in [0.05, 0.1) is 0 Å². The lowest BCUT2D eigenvalue weighted by Crippen LogP contribution is -2.39. The number of aromatic nitrogens is 2. The minimum atomic E-state index is 0.164. The van der Waals surface area contributed by atoms with Gasteiger partial charge in [-0.05, 0) is 51.0 Å². The lowest BCUT2D eigenvalue weighted by molar-refractivity contribution is -0.122. The van der Waals surface area contributed by atoms with Crippen molar-refractivity contribution in [3.05, 3.63) is 18.5 Å². The molecular formula is C18H27N3O2S2. The van der Waals surface area contributed by atoms with Crippen molar-refractivity contribution in [2.45, 2.75) is 75.2 Å². The Bertz CT molecular complexity index is 518.